The third kappa shape index (κ3) is 3.25. The summed E-state index contributed by atoms with van der Waals surface area (Å²) in [5.74, 6) is 0. The Morgan fingerprint density at radius 1 is 1.33 bits per heavy atom. The lowest BCUT2D eigenvalue weighted by atomic mass is 10.1. The van der Waals surface area contributed by atoms with Crippen LogP contribution in [0.4, 0.5) is 0 Å². The molecule has 0 aliphatic heterocycles. The first-order chi connectivity index (χ1) is 10.1. The Bertz CT molecular complexity index is 771. The maximum Gasteiger partial charge on any atom is 0.181 e. The fourth-order valence-electron chi connectivity index (χ4n) is 2.04. The van der Waals surface area contributed by atoms with E-state index in [2.05, 4.69) is 54.1 Å². The molecule has 0 aliphatic carbocycles. The summed E-state index contributed by atoms with van der Waals surface area (Å²) in [5, 5.41) is 0.865. The molecule has 1 unspecified atom stereocenters. The number of nitrogens with one attached hydrogen (secondary N) is 1. The molecule has 0 fully saturated rings. The van der Waals surface area contributed by atoms with E-state index in [0.717, 1.165) is 26.3 Å². The second kappa shape index (κ2) is 6.13. The van der Waals surface area contributed by atoms with E-state index in [1.54, 1.807) is 18.1 Å². The number of aromatic amines is 1. The molecule has 0 saturated heterocycles. The smallest absolute Gasteiger partial charge is 0.181 e. The molecular formula is C14H14BrN5S. The molecule has 21 heavy (non-hydrogen) atoms. The highest BCUT2D eigenvalue weighted by Crippen LogP contribution is 2.32. The Hall–Kier alpha value is -1.44. The molecule has 3 N–H and O–H groups in total. The number of hydrogen-bond donors (Lipinski definition) is 2. The van der Waals surface area contributed by atoms with Crippen LogP contribution in [-0.4, -0.2) is 26.0 Å². The summed E-state index contributed by atoms with van der Waals surface area (Å²) in [5.41, 5.74) is 8.60. The molecule has 2 aromatic heterocycles. The normalized spacial score (nSPS) is 12.7. The van der Waals surface area contributed by atoms with Crippen LogP contribution in [0.5, 0.6) is 0 Å². The second-order valence-electron chi connectivity index (χ2n) is 4.82. The molecule has 1 atom stereocenters. The summed E-state index contributed by atoms with van der Waals surface area (Å²) in [7, 11) is 0. The van der Waals surface area contributed by atoms with Gasteiger partial charge >= 0.3 is 0 Å². The van der Waals surface area contributed by atoms with E-state index in [9.17, 15) is 0 Å². The van der Waals surface area contributed by atoms with E-state index in [1.165, 1.54) is 11.9 Å². The maximum atomic E-state index is 5.85. The first kappa shape index (κ1) is 14.5. The largest absolute Gasteiger partial charge is 0.341 e. The van der Waals surface area contributed by atoms with Gasteiger partial charge < -0.3 is 10.7 Å². The molecule has 3 rings (SSSR count). The summed E-state index contributed by atoms with van der Waals surface area (Å²) in [6.07, 6.45) is 4.01. The average molecular weight is 364 g/mol. The van der Waals surface area contributed by atoms with Crippen molar-refractivity contribution in [1.29, 1.82) is 0 Å². The standard InChI is InChI=1S/C14H14BrN5S/c1-8(16)4-9-2-3-10(5-11(9)15)21-14-12-13(18-6-17-12)19-7-20-14/h2-3,5-8H,4,16H2,1H3,(H,17,18,19,20). The average Bonchev–Trinajstić information content (AvgIpc) is 2.91. The van der Waals surface area contributed by atoms with Crippen molar-refractivity contribution in [3.63, 3.8) is 0 Å². The quantitative estimate of drug-likeness (QED) is 0.695. The number of aromatic nitrogens is 4. The van der Waals surface area contributed by atoms with Crippen LogP contribution in [0.1, 0.15) is 12.5 Å². The second-order valence-corrected chi connectivity index (χ2v) is 6.73. The zero-order chi connectivity index (χ0) is 14.8. The van der Waals surface area contributed by atoms with Crippen LogP contribution < -0.4 is 5.73 Å². The van der Waals surface area contributed by atoms with E-state index in [4.69, 9.17) is 5.73 Å². The van der Waals surface area contributed by atoms with Gasteiger partial charge in [-0.2, -0.15) is 0 Å². The van der Waals surface area contributed by atoms with Gasteiger partial charge in [0.1, 0.15) is 16.9 Å². The molecule has 0 amide bonds. The zero-order valence-electron chi connectivity index (χ0n) is 11.4. The van der Waals surface area contributed by atoms with E-state index >= 15 is 0 Å². The first-order valence-corrected chi connectivity index (χ1v) is 8.10. The lowest BCUT2D eigenvalue weighted by Gasteiger charge is -2.09. The maximum absolute atomic E-state index is 5.85. The topological polar surface area (TPSA) is 80.5 Å². The Kier molecular flexibility index (Phi) is 4.23. The Morgan fingerprint density at radius 3 is 2.95 bits per heavy atom. The minimum atomic E-state index is 0.145. The minimum absolute atomic E-state index is 0.145. The fourth-order valence-corrected chi connectivity index (χ4v) is 3.62. The van der Waals surface area contributed by atoms with E-state index in [-0.39, 0.29) is 6.04 Å². The molecule has 3 aromatic rings. The lowest BCUT2D eigenvalue weighted by Crippen LogP contribution is -2.17. The van der Waals surface area contributed by atoms with Crippen molar-refractivity contribution >= 4 is 38.9 Å². The van der Waals surface area contributed by atoms with Gasteiger partial charge in [0.2, 0.25) is 0 Å². The van der Waals surface area contributed by atoms with Crippen molar-refractivity contribution < 1.29 is 0 Å². The number of halogens is 1. The van der Waals surface area contributed by atoms with E-state index in [0.29, 0.717) is 5.65 Å². The van der Waals surface area contributed by atoms with Crippen LogP contribution in [0.3, 0.4) is 0 Å². The van der Waals surface area contributed by atoms with Gasteiger partial charge in [-0.15, -0.1) is 0 Å². The van der Waals surface area contributed by atoms with Gasteiger partial charge in [0, 0.05) is 15.4 Å². The van der Waals surface area contributed by atoms with Gasteiger partial charge in [0.05, 0.1) is 6.33 Å². The van der Waals surface area contributed by atoms with Gasteiger partial charge in [-0.3, -0.25) is 0 Å². The number of rotatable bonds is 4. The van der Waals surface area contributed by atoms with Gasteiger partial charge in [0.25, 0.3) is 0 Å². The molecule has 0 aliphatic rings. The highest BCUT2D eigenvalue weighted by molar-refractivity contribution is 9.10. The van der Waals surface area contributed by atoms with Gasteiger partial charge in [-0.05, 0) is 31.0 Å². The van der Waals surface area contributed by atoms with Crippen molar-refractivity contribution in [3.8, 4) is 0 Å². The molecular weight excluding hydrogens is 350 g/mol. The summed E-state index contributed by atoms with van der Waals surface area (Å²) >= 11 is 5.19. The predicted molar refractivity (Wildman–Crippen MR) is 87.3 cm³/mol. The Balaban J connectivity index is 1.88. The van der Waals surface area contributed by atoms with Gasteiger partial charge in [-0.25, -0.2) is 15.0 Å². The predicted octanol–water partition coefficient (Wildman–Crippen LogP) is 3.16. The summed E-state index contributed by atoms with van der Waals surface area (Å²) in [6.45, 7) is 2.00. The van der Waals surface area contributed by atoms with Crippen LogP contribution >= 0.6 is 27.7 Å². The summed E-state index contributed by atoms with van der Waals surface area (Å²) in [6, 6.07) is 6.41. The Labute approximate surface area is 134 Å². The van der Waals surface area contributed by atoms with Gasteiger partial charge in [0.15, 0.2) is 5.65 Å². The molecule has 7 heteroatoms. The third-order valence-corrected chi connectivity index (χ3v) is 4.70. The van der Waals surface area contributed by atoms with E-state index in [1.807, 2.05) is 6.92 Å². The van der Waals surface area contributed by atoms with Crippen LogP contribution in [-0.2, 0) is 6.42 Å². The van der Waals surface area contributed by atoms with Crippen LogP contribution in [0.25, 0.3) is 11.2 Å². The zero-order valence-corrected chi connectivity index (χ0v) is 13.8. The summed E-state index contributed by atoms with van der Waals surface area (Å²) in [4.78, 5) is 16.8. The van der Waals surface area contributed by atoms with Crippen LogP contribution in [0, 0.1) is 0 Å². The van der Waals surface area contributed by atoms with Crippen LogP contribution in [0.15, 0.2) is 45.2 Å². The number of nitrogens with two attached hydrogens (primary N) is 1. The number of fused-ring (bicyclic) bond motifs is 1. The molecule has 0 saturated carbocycles. The van der Waals surface area contributed by atoms with Crippen LogP contribution in [0.2, 0.25) is 0 Å². The monoisotopic (exact) mass is 363 g/mol. The molecule has 5 nitrogen and oxygen atoms in total. The highest BCUT2D eigenvalue weighted by Gasteiger charge is 2.09. The number of H-pyrrole nitrogens is 1. The Morgan fingerprint density at radius 2 is 2.19 bits per heavy atom. The van der Waals surface area contributed by atoms with E-state index < -0.39 is 0 Å². The number of benzene rings is 1. The molecule has 2 heterocycles. The van der Waals surface area contributed by atoms with Crippen molar-refractivity contribution in [1.82, 2.24) is 19.9 Å². The van der Waals surface area contributed by atoms with Gasteiger partial charge in [-0.1, -0.05) is 33.8 Å². The SMILES string of the molecule is CC(N)Cc1ccc(Sc2ncnc3nc[nH]c23)cc1Br. The van der Waals surface area contributed by atoms with Crippen molar-refractivity contribution in [2.75, 3.05) is 0 Å². The third-order valence-electron chi connectivity index (χ3n) is 2.97. The fraction of sp³-hybridized carbons (Fsp3) is 0.214. The number of imidazole rings is 1. The minimum Gasteiger partial charge on any atom is -0.341 e. The molecule has 1 aromatic carbocycles. The molecule has 0 bridgehead atoms. The lowest BCUT2D eigenvalue weighted by molar-refractivity contribution is 0.735. The molecule has 0 radical (unpaired) electrons. The van der Waals surface area contributed by atoms with Crippen molar-refractivity contribution in [2.45, 2.75) is 29.3 Å². The number of nitrogens with zero attached hydrogens (tertiary/aromatic N) is 3. The molecule has 0 spiro atoms. The molecule has 108 valence electrons. The van der Waals surface area contributed by atoms with Crippen molar-refractivity contribution in [2.24, 2.45) is 5.73 Å². The summed E-state index contributed by atoms with van der Waals surface area (Å²) < 4.78 is 1.07. The van der Waals surface area contributed by atoms with Crippen molar-refractivity contribution in [3.05, 3.63) is 40.9 Å². The highest BCUT2D eigenvalue weighted by atomic mass is 79.9. The number of hydrogen-bond acceptors (Lipinski definition) is 5. The first-order valence-electron chi connectivity index (χ1n) is 6.49.